The zero-order valence-electron chi connectivity index (χ0n) is 17.9. The molecule has 0 unspecified atom stereocenters. The van der Waals surface area contributed by atoms with Gasteiger partial charge in [0.1, 0.15) is 36.3 Å². The number of rotatable bonds is 6. The van der Waals surface area contributed by atoms with Crippen LogP contribution in [0.3, 0.4) is 0 Å². The first-order valence-corrected chi connectivity index (χ1v) is 11.4. The first-order chi connectivity index (χ1) is 15.7. The van der Waals surface area contributed by atoms with Crippen LogP contribution in [0.2, 0.25) is 5.02 Å². The van der Waals surface area contributed by atoms with E-state index in [9.17, 15) is 30.6 Å². The molecule has 1 saturated carbocycles. The van der Waals surface area contributed by atoms with E-state index in [1.807, 2.05) is 24.3 Å². The largest absolute Gasteiger partial charge is 0.488 e. The average Bonchev–Trinajstić information content (AvgIpc) is 3.21. The first kappa shape index (κ1) is 24.4. The van der Waals surface area contributed by atoms with Crippen molar-refractivity contribution in [1.82, 2.24) is 0 Å². The Labute approximate surface area is 196 Å². The van der Waals surface area contributed by atoms with Crippen molar-refractivity contribution in [3.05, 3.63) is 64.2 Å². The highest BCUT2D eigenvalue weighted by Crippen LogP contribution is 2.38. The highest BCUT2D eigenvalue weighted by atomic mass is 35.5. The molecule has 1 aliphatic heterocycles. The van der Waals surface area contributed by atoms with Crippen LogP contribution in [0, 0.1) is 0 Å². The number of hydrogen-bond donors (Lipinski definition) is 6. The van der Waals surface area contributed by atoms with Crippen molar-refractivity contribution in [3.63, 3.8) is 0 Å². The van der Waals surface area contributed by atoms with Crippen LogP contribution < -0.4 is 4.74 Å². The molecule has 180 valence electrons. The van der Waals surface area contributed by atoms with E-state index in [1.54, 1.807) is 12.1 Å². The molecule has 0 radical (unpaired) electrons. The van der Waals surface area contributed by atoms with Crippen LogP contribution in [0.4, 0.5) is 0 Å². The molecular weight excluding hydrogens is 452 g/mol. The lowest BCUT2D eigenvalue weighted by Crippen LogP contribution is -2.63. The van der Waals surface area contributed by atoms with Crippen LogP contribution in [-0.2, 0) is 16.9 Å². The van der Waals surface area contributed by atoms with Crippen molar-refractivity contribution in [2.24, 2.45) is 0 Å². The Morgan fingerprint density at radius 1 is 1.00 bits per heavy atom. The first-order valence-electron chi connectivity index (χ1n) is 11.0. The van der Waals surface area contributed by atoms with Gasteiger partial charge in [-0.2, -0.15) is 0 Å². The molecular formula is C24H29ClO8. The maximum atomic E-state index is 11.0. The lowest BCUT2D eigenvalue weighted by molar-refractivity contribution is -0.357. The topological polar surface area (TPSA) is 140 Å². The average molecular weight is 481 g/mol. The molecule has 1 saturated heterocycles. The van der Waals surface area contributed by atoms with E-state index in [4.69, 9.17) is 21.1 Å². The Hall–Kier alpha value is -1.75. The van der Waals surface area contributed by atoms with Gasteiger partial charge in [-0.15, -0.1) is 0 Å². The zero-order chi connectivity index (χ0) is 23.8. The molecule has 1 aliphatic carbocycles. The number of hydrogen-bond acceptors (Lipinski definition) is 8. The summed E-state index contributed by atoms with van der Waals surface area (Å²) in [6.45, 7) is -0.653. The van der Waals surface area contributed by atoms with Crippen molar-refractivity contribution in [2.75, 3.05) is 6.61 Å². The zero-order valence-corrected chi connectivity index (χ0v) is 18.7. The molecule has 2 aromatic rings. The minimum Gasteiger partial charge on any atom is -0.488 e. The highest BCUT2D eigenvalue weighted by molar-refractivity contribution is 6.31. The molecule has 4 rings (SSSR count). The molecule has 8 nitrogen and oxygen atoms in total. The van der Waals surface area contributed by atoms with Gasteiger partial charge in [0, 0.05) is 10.6 Å². The normalized spacial score (nSPS) is 34.4. The number of aliphatic hydroxyl groups is 6. The molecule has 0 aromatic heterocycles. The van der Waals surface area contributed by atoms with Crippen molar-refractivity contribution in [2.45, 2.75) is 68.1 Å². The monoisotopic (exact) mass is 480 g/mol. The van der Waals surface area contributed by atoms with E-state index in [1.165, 1.54) is 6.07 Å². The van der Waals surface area contributed by atoms with Gasteiger partial charge in [0.25, 0.3) is 0 Å². The summed E-state index contributed by atoms with van der Waals surface area (Å²) in [5, 5.41) is 61.4. The molecule has 1 heterocycles. The SMILES string of the molecule is OC[C@H]1O[C@](O)(c2ccc(Cl)c(Cc3ccc(O[C@H]4CCC[C@@H]4O)cc3)c2)[C@H](O)[C@@H](O)[C@@H]1O. The fourth-order valence-electron chi connectivity index (χ4n) is 4.45. The van der Waals surface area contributed by atoms with Crippen LogP contribution >= 0.6 is 11.6 Å². The van der Waals surface area contributed by atoms with Gasteiger partial charge in [0.05, 0.1) is 12.7 Å². The molecule has 9 heteroatoms. The van der Waals surface area contributed by atoms with E-state index in [2.05, 4.69) is 0 Å². The molecule has 2 fully saturated rings. The van der Waals surface area contributed by atoms with E-state index < -0.39 is 42.9 Å². The van der Waals surface area contributed by atoms with E-state index in [0.717, 1.165) is 24.8 Å². The van der Waals surface area contributed by atoms with Crippen molar-refractivity contribution < 1.29 is 40.1 Å². The quantitative estimate of drug-likeness (QED) is 0.357. The molecule has 2 aliphatic rings. The summed E-state index contributed by atoms with van der Waals surface area (Å²) in [6, 6.07) is 12.0. The molecule has 33 heavy (non-hydrogen) atoms. The summed E-state index contributed by atoms with van der Waals surface area (Å²) < 4.78 is 11.3. The maximum Gasteiger partial charge on any atom is 0.222 e. The lowest BCUT2D eigenvalue weighted by Gasteiger charge is -2.45. The summed E-state index contributed by atoms with van der Waals surface area (Å²) in [7, 11) is 0. The fraction of sp³-hybridized carbons (Fsp3) is 0.500. The predicted molar refractivity (Wildman–Crippen MR) is 119 cm³/mol. The van der Waals surface area contributed by atoms with Gasteiger partial charge in [-0.1, -0.05) is 29.8 Å². The van der Waals surface area contributed by atoms with Gasteiger partial charge < -0.3 is 40.1 Å². The minimum atomic E-state index is -2.34. The summed E-state index contributed by atoms with van der Waals surface area (Å²) >= 11 is 6.37. The highest BCUT2D eigenvalue weighted by Gasteiger charge is 2.53. The van der Waals surface area contributed by atoms with Crippen LogP contribution in [0.25, 0.3) is 0 Å². The summed E-state index contributed by atoms with van der Waals surface area (Å²) in [5.41, 5.74) is 1.68. The Morgan fingerprint density at radius 3 is 2.36 bits per heavy atom. The Kier molecular flexibility index (Phi) is 7.28. The van der Waals surface area contributed by atoms with Crippen LogP contribution in [0.15, 0.2) is 42.5 Å². The van der Waals surface area contributed by atoms with Gasteiger partial charge in [-0.3, -0.25) is 0 Å². The second kappa shape index (κ2) is 9.85. The lowest BCUT2D eigenvalue weighted by atomic mass is 9.87. The Balaban J connectivity index is 1.53. The molecule has 0 bridgehead atoms. The van der Waals surface area contributed by atoms with E-state index in [-0.39, 0.29) is 11.7 Å². The van der Waals surface area contributed by atoms with E-state index in [0.29, 0.717) is 22.8 Å². The third-order valence-corrected chi connectivity index (χ3v) is 6.82. The van der Waals surface area contributed by atoms with Gasteiger partial charge >= 0.3 is 0 Å². The Bertz CT molecular complexity index is 952. The molecule has 7 atom stereocenters. The van der Waals surface area contributed by atoms with Gasteiger partial charge in [0.15, 0.2) is 0 Å². The number of halogens is 1. The predicted octanol–water partition coefficient (Wildman–Crippen LogP) is 0.842. The third-order valence-electron chi connectivity index (χ3n) is 6.45. The fourth-order valence-corrected chi connectivity index (χ4v) is 4.63. The van der Waals surface area contributed by atoms with Crippen LogP contribution in [0.1, 0.15) is 36.0 Å². The smallest absolute Gasteiger partial charge is 0.222 e. The second-order valence-electron chi connectivity index (χ2n) is 8.74. The van der Waals surface area contributed by atoms with Crippen LogP contribution in [-0.4, -0.2) is 73.9 Å². The standard InChI is InChI=1S/C24H29ClO8/c25-17-9-6-15(24(31)23(30)22(29)21(28)20(12-26)33-24)11-14(17)10-13-4-7-16(8-5-13)32-19-3-1-2-18(19)27/h4-9,11,18-23,26-31H,1-3,10,12H2/t18-,19-,20+,21+,22-,23+,24+/m0/s1. The van der Waals surface area contributed by atoms with Crippen LogP contribution in [0.5, 0.6) is 5.75 Å². The van der Waals surface area contributed by atoms with Crippen molar-refractivity contribution >= 4 is 11.6 Å². The van der Waals surface area contributed by atoms with Crippen molar-refractivity contribution in [3.8, 4) is 5.75 Å². The van der Waals surface area contributed by atoms with E-state index >= 15 is 0 Å². The molecule has 0 amide bonds. The summed E-state index contributed by atoms with van der Waals surface area (Å²) in [5.74, 6) is -1.68. The molecule has 0 spiro atoms. The minimum absolute atomic E-state index is 0.133. The molecule has 2 aromatic carbocycles. The summed E-state index contributed by atoms with van der Waals surface area (Å²) in [4.78, 5) is 0. The third kappa shape index (κ3) is 4.89. The van der Waals surface area contributed by atoms with Gasteiger partial charge in [-0.25, -0.2) is 0 Å². The number of benzene rings is 2. The summed E-state index contributed by atoms with van der Waals surface area (Å²) in [6.07, 6.45) is -4.11. The molecule has 6 N–H and O–H groups in total. The second-order valence-corrected chi connectivity index (χ2v) is 9.15. The van der Waals surface area contributed by atoms with Gasteiger partial charge in [0.2, 0.25) is 5.79 Å². The Morgan fingerprint density at radius 2 is 1.73 bits per heavy atom. The van der Waals surface area contributed by atoms with Gasteiger partial charge in [-0.05, 0) is 61.1 Å². The maximum absolute atomic E-state index is 11.0. The van der Waals surface area contributed by atoms with Crippen molar-refractivity contribution in [1.29, 1.82) is 0 Å². The number of aliphatic hydroxyl groups excluding tert-OH is 5. The number of ether oxygens (including phenoxy) is 2.